The summed E-state index contributed by atoms with van der Waals surface area (Å²) < 4.78 is 2.94. The van der Waals surface area contributed by atoms with Gasteiger partial charge in [0, 0.05) is 17.2 Å². The van der Waals surface area contributed by atoms with Gasteiger partial charge in [-0.05, 0) is 53.8 Å². The molecule has 0 radical (unpaired) electrons. The minimum Gasteiger partial charge on any atom is -0.301 e. The Bertz CT molecular complexity index is 1170. The molecule has 1 N–H and O–H groups in total. The van der Waals surface area contributed by atoms with Gasteiger partial charge in [0.2, 0.25) is 0 Å². The summed E-state index contributed by atoms with van der Waals surface area (Å²) in [6, 6.07) is 11.0. The van der Waals surface area contributed by atoms with E-state index in [1.54, 1.807) is 0 Å². The van der Waals surface area contributed by atoms with E-state index in [-0.39, 0.29) is 6.04 Å². The van der Waals surface area contributed by atoms with Crippen molar-refractivity contribution in [2.24, 2.45) is 23.7 Å². The second kappa shape index (κ2) is 9.10. The highest BCUT2D eigenvalue weighted by atomic mass is 28.3. The molecule has 7 atom stereocenters. The van der Waals surface area contributed by atoms with Gasteiger partial charge in [0.25, 0.3) is 0 Å². The molecule has 2 fully saturated rings. The predicted octanol–water partition coefficient (Wildman–Crippen LogP) is 6.22. The summed E-state index contributed by atoms with van der Waals surface area (Å²) in [5, 5.41) is 4.03. The maximum Gasteiger partial charge on any atom is 0.129 e. The lowest BCUT2D eigenvalue weighted by atomic mass is 9.83. The van der Waals surface area contributed by atoms with E-state index in [9.17, 15) is 0 Å². The Labute approximate surface area is 212 Å². The fourth-order valence-corrected chi connectivity index (χ4v) is 12.6. The van der Waals surface area contributed by atoms with Crippen LogP contribution in [-0.4, -0.2) is 31.1 Å². The van der Waals surface area contributed by atoms with Crippen LogP contribution in [0.15, 0.2) is 103 Å². The van der Waals surface area contributed by atoms with Crippen molar-refractivity contribution >= 4 is 8.24 Å². The van der Waals surface area contributed by atoms with Crippen molar-refractivity contribution in [1.82, 2.24) is 9.88 Å². The number of fused-ring (bicyclic) bond motifs is 4. The van der Waals surface area contributed by atoms with Crippen LogP contribution >= 0.6 is 0 Å². The topological polar surface area (TPSA) is 15.3 Å². The molecule has 0 bridgehead atoms. The van der Waals surface area contributed by atoms with Crippen molar-refractivity contribution in [2.75, 3.05) is 0 Å². The summed E-state index contributed by atoms with van der Waals surface area (Å²) in [6.45, 7) is 7.62. The number of benzene rings is 1. The van der Waals surface area contributed by atoms with Crippen LogP contribution in [0.5, 0.6) is 0 Å². The summed E-state index contributed by atoms with van der Waals surface area (Å²) in [7, 11) is -1.89. The van der Waals surface area contributed by atoms with Crippen LogP contribution in [0.2, 0.25) is 18.6 Å². The average molecular weight is 477 g/mol. The minimum absolute atomic E-state index is 0.268. The molecule has 6 rings (SSSR count). The molecule has 0 spiro atoms. The Morgan fingerprint density at radius 1 is 0.800 bits per heavy atom. The van der Waals surface area contributed by atoms with E-state index < -0.39 is 8.24 Å². The van der Waals surface area contributed by atoms with Crippen molar-refractivity contribution in [2.45, 2.75) is 50.2 Å². The normalized spacial score (nSPS) is 36.8. The highest BCUT2D eigenvalue weighted by Crippen LogP contribution is 2.59. The smallest absolute Gasteiger partial charge is 0.129 e. The number of nitrogens with zero attached hydrogens (tertiary/aromatic N) is 1. The van der Waals surface area contributed by atoms with Gasteiger partial charge in [0.05, 0.1) is 12.2 Å². The molecule has 178 valence electrons. The van der Waals surface area contributed by atoms with Crippen LogP contribution in [0.25, 0.3) is 0 Å². The monoisotopic (exact) mass is 476 g/mol. The van der Waals surface area contributed by atoms with Crippen molar-refractivity contribution < 1.29 is 0 Å². The Kier molecular flexibility index (Phi) is 5.93. The summed E-state index contributed by atoms with van der Waals surface area (Å²) in [4.78, 5) is 0. The molecule has 2 nitrogen and oxygen atoms in total. The molecular formula is C32H36N2Si. The summed E-state index contributed by atoms with van der Waals surface area (Å²) in [6.07, 6.45) is 27.6. The van der Waals surface area contributed by atoms with Gasteiger partial charge in [-0.1, -0.05) is 111 Å². The molecular weight excluding hydrogens is 440 g/mol. The molecule has 1 aromatic rings. The molecule has 1 saturated heterocycles. The van der Waals surface area contributed by atoms with Crippen molar-refractivity contribution in [3.8, 4) is 11.8 Å². The van der Waals surface area contributed by atoms with Crippen molar-refractivity contribution in [1.29, 1.82) is 0 Å². The molecule has 0 aromatic heterocycles. The fourth-order valence-electron chi connectivity index (χ4n) is 7.64. The fraction of sp³-hybridized carbons (Fsp3) is 0.375. The van der Waals surface area contributed by atoms with Crippen molar-refractivity contribution in [3.63, 3.8) is 0 Å². The molecule has 5 aliphatic rings. The van der Waals surface area contributed by atoms with Gasteiger partial charge < -0.3 is 4.57 Å². The zero-order chi connectivity index (χ0) is 24.0. The van der Waals surface area contributed by atoms with Gasteiger partial charge >= 0.3 is 0 Å². The van der Waals surface area contributed by atoms with Crippen LogP contribution in [-0.2, 0) is 0 Å². The first kappa shape index (κ1) is 22.8. The zero-order valence-electron chi connectivity index (χ0n) is 21.0. The Morgan fingerprint density at radius 3 is 2.06 bits per heavy atom. The second-order valence-corrected chi connectivity index (χ2v) is 15.6. The first-order valence-corrected chi connectivity index (χ1v) is 16.3. The van der Waals surface area contributed by atoms with Gasteiger partial charge in [-0.15, -0.1) is 0 Å². The highest BCUT2D eigenvalue weighted by Gasteiger charge is 2.59. The highest BCUT2D eigenvalue weighted by molar-refractivity contribution is 6.76. The number of hydrogen-bond acceptors (Lipinski definition) is 2. The standard InChI is InChI=1S/C32H36N2Si/c1-4-30-33-31-24(22-21-23-13-6-5-7-14-23)15-12-20-29(31)34(30)35(2,3)32-27-18-10-8-16-25(27)26-17-9-11-19-28(26)32/h5-20,25-33H,4H2,1-3H3/t25?,26?,27?,28?,29-,30+,31?,32?/m1/s1. The maximum absolute atomic E-state index is 4.03. The Balaban J connectivity index is 1.34. The predicted molar refractivity (Wildman–Crippen MR) is 149 cm³/mol. The Hall–Kier alpha value is -2.64. The lowest BCUT2D eigenvalue weighted by Crippen LogP contribution is -2.60. The summed E-state index contributed by atoms with van der Waals surface area (Å²) in [5.41, 5.74) is 2.98. The van der Waals surface area contributed by atoms with E-state index in [1.165, 1.54) is 5.57 Å². The van der Waals surface area contributed by atoms with Gasteiger partial charge in [0.1, 0.15) is 8.24 Å². The third-order valence-corrected chi connectivity index (χ3v) is 13.3. The number of nitrogens with one attached hydrogen (secondary N) is 1. The first-order chi connectivity index (χ1) is 17.1. The number of rotatable bonds is 3. The molecule has 1 aliphatic heterocycles. The van der Waals surface area contributed by atoms with Crippen LogP contribution in [0.3, 0.4) is 0 Å². The van der Waals surface area contributed by atoms with Gasteiger partial charge in [-0.25, -0.2) is 0 Å². The molecule has 3 heteroatoms. The van der Waals surface area contributed by atoms with E-state index in [1.807, 2.05) is 6.07 Å². The molecule has 1 aromatic carbocycles. The van der Waals surface area contributed by atoms with Crippen LogP contribution < -0.4 is 5.32 Å². The van der Waals surface area contributed by atoms with E-state index in [2.05, 4.69) is 133 Å². The van der Waals surface area contributed by atoms with Crippen molar-refractivity contribution in [3.05, 3.63) is 108 Å². The number of hydrogen-bond donors (Lipinski definition) is 1. The quantitative estimate of drug-likeness (QED) is 0.412. The van der Waals surface area contributed by atoms with Gasteiger partial charge in [-0.2, -0.15) is 0 Å². The largest absolute Gasteiger partial charge is 0.301 e. The first-order valence-electron chi connectivity index (χ1n) is 13.3. The minimum atomic E-state index is -1.89. The summed E-state index contributed by atoms with van der Waals surface area (Å²) in [5.74, 6) is 9.45. The molecule has 1 saturated carbocycles. The van der Waals surface area contributed by atoms with E-state index >= 15 is 0 Å². The van der Waals surface area contributed by atoms with E-state index in [0.29, 0.717) is 41.4 Å². The summed E-state index contributed by atoms with van der Waals surface area (Å²) >= 11 is 0. The second-order valence-electron chi connectivity index (χ2n) is 11.1. The third kappa shape index (κ3) is 3.80. The number of allylic oxidation sites excluding steroid dienone is 10. The van der Waals surface area contributed by atoms with Gasteiger partial charge in [-0.3, -0.25) is 5.32 Å². The van der Waals surface area contributed by atoms with Crippen LogP contribution in [0.1, 0.15) is 18.9 Å². The van der Waals surface area contributed by atoms with E-state index in [0.717, 1.165) is 12.0 Å². The van der Waals surface area contributed by atoms with E-state index in [4.69, 9.17) is 0 Å². The molecule has 1 heterocycles. The average Bonchev–Trinajstić information content (AvgIpc) is 3.45. The van der Waals surface area contributed by atoms with Crippen LogP contribution in [0, 0.1) is 35.5 Å². The SMILES string of the molecule is CC[C@H]1NC2C(C#Cc3ccccc3)=CC=C[C@H]2N1[Si](C)(C)C1C2C=CC=CC2C2C=CC=CC21. The molecule has 0 amide bonds. The molecule has 4 aliphatic carbocycles. The molecule has 5 unspecified atom stereocenters. The van der Waals surface area contributed by atoms with Crippen LogP contribution in [0.4, 0.5) is 0 Å². The zero-order valence-corrected chi connectivity index (χ0v) is 22.0. The molecule has 35 heavy (non-hydrogen) atoms. The third-order valence-electron chi connectivity index (χ3n) is 9.00. The lowest BCUT2D eigenvalue weighted by Gasteiger charge is -2.48. The van der Waals surface area contributed by atoms with Gasteiger partial charge in [0.15, 0.2) is 0 Å². The Morgan fingerprint density at radius 2 is 1.43 bits per heavy atom. The maximum atomic E-state index is 4.03. The lowest BCUT2D eigenvalue weighted by molar-refractivity contribution is 0.312.